The zero-order valence-electron chi connectivity index (χ0n) is 10.4. The van der Waals surface area contributed by atoms with Gasteiger partial charge in [0.2, 0.25) is 0 Å². The molecule has 0 aliphatic carbocycles. The van der Waals surface area contributed by atoms with Crippen LogP contribution >= 0.6 is 0 Å². The summed E-state index contributed by atoms with van der Waals surface area (Å²) in [5, 5.41) is 3.17. The Morgan fingerprint density at radius 3 is 2.89 bits per heavy atom. The van der Waals surface area contributed by atoms with Crippen LogP contribution in [0.2, 0.25) is 0 Å². The molecule has 0 aliphatic rings. The molecule has 0 unspecified atom stereocenters. The van der Waals surface area contributed by atoms with Crippen molar-refractivity contribution in [2.24, 2.45) is 0 Å². The van der Waals surface area contributed by atoms with Gasteiger partial charge in [0.15, 0.2) is 0 Å². The first-order valence-electron chi connectivity index (χ1n) is 6.03. The van der Waals surface area contributed by atoms with E-state index < -0.39 is 0 Å². The third-order valence-electron chi connectivity index (χ3n) is 2.34. The molecule has 5 nitrogen and oxygen atoms in total. The van der Waals surface area contributed by atoms with Crippen LogP contribution in [0.4, 0.5) is 5.82 Å². The van der Waals surface area contributed by atoms with Crippen LogP contribution in [0.15, 0.2) is 35.2 Å². The van der Waals surface area contributed by atoms with Gasteiger partial charge in [0.25, 0.3) is 0 Å². The van der Waals surface area contributed by atoms with Gasteiger partial charge in [-0.05, 0) is 18.6 Å². The summed E-state index contributed by atoms with van der Waals surface area (Å²) in [7, 11) is 0. The molecule has 5 heteroatoms. The first-order valence-corrected chi connectivity index (χ1v) is 6.03. The Kier molecular flexibility index (Phi) is 4.72. The summed E-state index contributed by atoms with van der Waals surface area (Å²) in [6.07, 6.45) is 6.14. The molecule has 2 aromatic heterocycles. The van der Waals surface area contributed by atoms with Gasteiger partial charge in [-0.15, -0.1) is 0 Å². The van der Waals surface area contributed by atoms with Crippen LogP contribution in [-0.2, 0) is 18.0 Å². The number of anilines is 1. The number of aromatic nitrogens is 2. The van der Waals surface area contributed by atoms with Crippen LogP contribution in [0.1, 0.15) is 24.8 Å². The highest BCUT2D eigenvalue weighted by molar-refractivity contribution is 5.30. The number of hydrogen-bond acceptors (Lipinski definition) is 5. The minimum absolute atomic E-state index is 0.432. The molecule has 96 valence electrons. The van der Waals surface area contributed by atoms with E-state index in [2.05, 4.69) is 22.2 Å². The molecule has 0 atom stereocenters. The number of ether oxygens (including phenoxy) is 1. The number of nitrogens with one attached hydrogen (secondary N) is 1. The molecule has 0 aliphatic heterocycles. The molecule has 2 rings (SSSR count). The second-order valence-electron chi connectivity index (χ2n) is 3.89. The van der Waals surface area contributed by atoms with Crippen molar-refractivity contribution < 1.29 is 9.15 Å². The monoisotopic (exact) mass is 247 g/mol. The molecule has 0 spiro atoms. The van der Waals surface area contributed by atoms with Gasteiger partial charge in [-0.1, -0.05) is 6.92 Å². The standard InChI is InChI=1S/C13H17N3O2/c1-2-5-14-13-8-15-11(7-16-13)9-17-10-12-4-3-6-18-12/h3-4,6-8H,2,5,9-10H2,1H3,(H,14,16). The van der Waals surface area contributed by atoms with E-state index >= 15 is 0 Å². The van der Waals surface area contributed by atoms with Crippen LogP contribution in [-0.4, -0.2) is 16.5 Å². The van der Waals surface area contributed by atoms with Crippen molar-refractivity contribution >= 4 is 5.82 Å². The van der Waals surface area contributed by atoms with Gasteiger partial charge in [-0.3, -0.25) is 4.98 Å². The Bertz CT molecular complexity index is 440. The third kappa shape index (κ3) is 3.85. The topological polar surface area (TPSA) is 60.2 Å². The average Bonchev–Trinajstić information content (AvgIpc) is 2.91. The van der Waals surface area contributed by atoms with E-state index in [1.165, 1.54) is 0 Å². The Labute approximate surface area is 106 Å². The Morgan fingerprint density at radius 1 is 1.28 bits per heavy atom. The molecule has 0 amide bonds. The number of furan rings is 1. The van der Waals surface area contributed by atoms with Gasteiger partial charge in [0.05, 0.1) is 31.0 Å². The second-order valence-corrected chi connectivity index (χ2v) is 3.89. The van der Waals surface area contributed by atoms with Crippen molar-refractivity contribution in [1.29, 1.82) is 0 Å². The lowest BCUT2D eigenvalue weighted by Crippen LogP contribution is -2.04. The number of hydrogen-bond donors (Lipinski definition) is 1. The maximum atomic E-state index is 5.47. The van der Waals surface area contributed by atoms with E-state index in [1.807, 2.05) is 12.1 Å². The van der Waals surface area contributed by atoms with E-state index in [0.29, 0.717) is 13.2 Å². The van der Waals surface area contributed by atoms with E-state index in [-0.39, 0.29) is 0 Å². The van der Waals surface area contributed by atoms with Crippen molar-refractivity contribution in [2.45, 2.75) is 26.6 Å². The summed E-state index contributed by atoms with van der Waals surface area (Å²) in [4.78, 5) is 8.52. The zero-order valence-corrected chi connectivity index (χ0v) is 10.4. The van der Waals surface area contributed by atoms with Crippen molar-refractivity contribution in [2.75, 3.05) is 11.9 Å². The lowest BCUT2D eigenvalue weighted by molar-refractivity contribution is 0.0904. The smallest absolute Gasteiger partial charge is 0.144 e. The summed E-state index contributed by atoms with van der Waals surface area (Å²) in [6.45, 7) is 3.90. The quantitative estimate of drug-likeness (QED) is 0.815. The van der Waals surface area contributed by atoms with Crippen LogP contribution in [0.3, 0.4) is 0 Å². The molecule has 2 aromatic rings. The lowest BCUT2D eigenvalue weighted by Gasteiger charge is -2.04. The highest BCUT2D eigenvalue weighted by Gasteiger charge is 1.99. The fourth-order valence-corrected chi connectivity index (χ4v) is 1.42. The third-order valence-corrected chi connectivity index (χ3v) is 2.34. The molecule has 2 heterocycles. The molecule has 18 heavy (non-hydrogen) atoms. The lowest BCUT2D eigenvalue weighted by atomic mass is 10.4. The molecule has 0 bridgehead atoms. The normalized spacial score (nSPS) is 10.5. The summed E-state index contributed by atoms with van der Waals surface area (Å²) >= 11 is 0. The fraction of sp³-hybridized carbons (Fsp3) is 0.385. The molecule has 0 fully saturated rings. The van der Waals surface area contributed by atoms with Gasteiger partial charge < -0.3 is 14.5 Å². The summed E-state index contributed by atoms with van der Waals surface area (Å²) in [5.74, 6) is 1.61. The first kappa shape index (κ1) is 12.6. The fourth-order valence-electron chi connectivity index (χ4n) is 1.42. The highest BCUT2D eigenvalue weighted by atomic mass is 16.5. The van der Waals surface area contributed by atoms with E-state index in [0.717, 1.165) is 30.2 Å². The van der Waals surface area contributed by atoms with E-state index in [1.54, 1.807) is 18.7 Å². The molecule has 1 N–H and O–H groups in total. The average molecular weight is 247 g/mol. The summed E-state index contributed by atoms with van der Waals surface area (Å²) in [5.41, 5.74) is 0.809. The highest BCUT2D eigenvalue weighted by Crippen LogP contribution is 2.06. The van der Waals surface area contributed by atoms with Crippen LogP contribution in [0.5, 0.6) is 0 Å². The molecule has 0 saturated carbocycles. The SMILES string of the molecule is CCCNc1cnc(COCc2ccco2)cn1. The predicted octanol–water partition coefficient (Wildman–Crippen LogP) is 2.61. The Morgan fingerprint density at radius 2 is 2.22 bits per heavy atom. The molecule has 0 aromatic carbocycles. The van der Waals surface area contributed by atoms with E-state index in [4.69, 9.17) is 9.15 Å². The zero-order chi connectivity index (χ0) is 12.6. The molecule has 0 saturated heterocycles. The number of nitrogens with zero attached hydrogens (tertiary/aromatic N) is 2. The van der Waals surface area contributed by atoms with Crippen LogP contribution in [0, 0.1) is 0 Å². The first-order chi connectivity index (χ1) is 8.88. The second kappa shape index (κ2) is 6.76. The van der Waals surface area contributed by atoms with Crippen LogP contribution in [0.25, 0.3) is 0 Å². The molecule has 0 radical (unpaired) electrons. The Balaban J connectivity index is 1.75. The van der Waals surface area contributed by atoms with Crippen LogP contribution < -0.4 is 5.32 Å². The van der Waals surface area contributed by atoms with Crippen molar-refractivity contribution in [3.63, 3.8) is 0 Å². The van der Waals surface area contributed by atoms with Crippen molar-refractivity contribution in [1.82, 2.24) is 9.97 Å². The maximum Gasteiger partial charge on any atom is 0.144 e. The largest absolute Gasteiger partial charge is 0.467 e. The minimum atomic E-state index is 0.432. The van der Waals surface area contributed by atoms with Gasteiger partial charge in [0.1, 0.15) is 18.2 Å². The van der Waals surface area contributed by atoms with Crippen molar-refractivity contribution in [3.8, 4) is 0 Å². The summed E-state index contributed by atoms with van der Waals surface area (Å²) in [6, 6.07) is 3.72. The molecular formula is C13H17N3O2. The Hall–Kier alpha value is -1.88. The predicted molar refractivity (Wildman–Crippen MR) is 68.0 cm³/mol. The summed E-state index contributed by atoms with van der Waals surface area (Å²) < 4.78 is 10.6. The minimum Gasteiger partial charge on any atom is -0.467 e. The van der Waals surface area contributed by atoms with E-state index in [9.17, 15) is 0 Å². The number of rotatable bonds is 7. The van der Waals surface area contributed by atoms with Crippen molar-refractivity contribution in [3.05, 3.63) is 42.2 Å². The van der Waals surface area contributed by atoms with Gasteiger partial charge in [-0.2, -0.15) is 0 Å². The maximum absolute atomic E-state index is 5.47. The van der Waals surface area contributed by atoms with Gasteiger partial charge in [-0.25, -0.2) is 4.98 Å². The van der Waals surface area contributed by atoms with Gasteiger partial charge in [0, 0.05) is 6.54 Å². The molecular weight excluding hydrogens is 230 g/mol. The van der Waals surface area contributed by atoms with Gasteiger partial charge >= 0.3 is 0 Å².